The topological polar surface area (TPSA) is 76.2 Å². The first-order valence-corrected chi connectivity index (χ1v) is 11.6. The molecule has 0 bridgehead atoms. The van der Waals surface area contributed by atoms with Gasteiger partial charge in [-0.1, -0.05) is 48.0 Å². The van der Waals surface area contributed by atoms with E-state index in [1.165, 1.54) is 22.6 Å². The Morgan fingerprint density at radius 2 is 1.88 bits per heavy atom. The molecule has 6 nitrogen and oxygen atoms in total. The number of aromatic amines is 1. The van der Waals surface area contributed by atoms with Crippen molar-refractivity contribution >= 4 is 33.6 Å². The number of nitrogens with zero attached hydrogens (tertiary/aromatic N) is 3. The van der Waals surface area contributed by atoms with Crippen LogP contribution in [0.4, 0.5) is 11.4 Å². The number of H-pyrrole nitrogens is 1. The molecule has 5 aromatic rings. The first-order valence-electron chi connectivity index (χ1n) is 10.7. The van der Waals surface area contributed by atoms with Gasteiger partial charge in [-0.15, -0.1) is 11.3 Å². The number of aryl methyl sites for hydroxylation is 2. The van der Waals surface area contributed by atoms with Crippen molar-refractivity contribution in [3.05, 3.63) is 110 Å². The number of aromatic nitrogens is 2. The SMILES string of the molecule is Cc1ccc(N=c2scc(-c3cccc([N+](=O)[O-])c3)n2CCc2c[nH]c3ccccc23)cc1. The number of nitro groups is 1. The molecule has 5 rings (SSSR count). The van der Waals surface area contributed by atoms with Gasteiger partial charge in [0.05, 0.1) is 16.3 Å². The summed E-state index contributed by atoms with van der Waals surface area (Å²) in [5.41, 5.74) is 6.23. The van der Waals surface area contributed by atoms with E-state index < -0.39 is 0 Å². The van der Waals surface area contributed by atoms with Crippen LogP contribution < -0.4 is 4.80 Å². The minimum Gasteiger partial charge on any atom is -0.361 e. The molecule has 0 amide bonds. The molecule has 164 valence electrons. The van der Waals surface area contributed by atoms with E-state index >= 15 is 0 Å². The zero-order valence-corrected chi connectivity index (χ0v) is 18.9. The van der Waals surface area contributed by atoms with Gasteiger partial charge in [0.15, 0.2) is 4.80 Å². The molecule has 1 N–H and O–H groups in total. The number of fused-ring (bicyclic) bond motifs is 1. The Balaban J connectivity index is 1.58. The predicted molar refractivity (Wildman–Crippen MR) is 133 cm³/mol. The van der Waals surface area contributed by atoms with Crippen molar-refractivity contribution in [2.75, 3.05) is 0 Å². The molecule has 33 heavy (non-hydrogen) atoms. The average molecular weight is 455 g/mol. The van der Waals surface area contributed by atoms with E-state index in [0.29, 0.717) is 6.54 Å². The van der Waals surface area contributed by atoms with Gasteiger partial charge in [-0.3, -0.25) is 10.1 Å². The number of benzene rings is 3. The predicted octanol–water partition coefficient (Wildman–Crippen LogP) is 6.39. The molecule has 0 fully saturated rings. The summed E-state index contributed by atoms with van der Waals surface area (Å²) in [6.07, 6.45) is 2.87. The summed E-state index contributed by atoms with van der Waals surface area (Å²) in [6.45, 7) is 2.75. The van der Waals surface area contributed by atoms with Gasteiger partial charge in [-0.25, -0.2) is 4.99 Å². The lowest BCUT2D eigenvalue weighted by Crippen LogP contribution is -2.17. The zero-order valence-electron chi connectivity index (χ0n) is 18.1. The Labute approximate surface area is 194 Å². The molecular weight excluding hydrogens is 432 g/mol. The van der Waals surface area contributed by atoms with Crippen molar-refractivity contribution in [2.45, 2.75) is 19.9 Å². The van der Waals surface area contributed by atoms with Crippen LogP contribution in [0.3, 0.4) is 0 Å². The molecule has 2 heterocycles. The highest BCUT2D eigenvalue weighted by Gasteiger charge is 2.13. The number of nitro benzene ring substituents is 1. The van der Waals surface area contributed by atoms with Gasteiger partial charge in [0, 0.05) is 46.7 Å². The Bertz CT molecular complexity index is 1510. The van der Waals surface area contributed by atoms with Crippen LogP contribution in [0.15, 0.2) is 89.4 Å². The molecule has 0 atom stereocenters. The van der Waals surface area contributed by atoms with Crippen LogP contribution in [-0.4, -0.2) is 14.5 Å². The lowest BCUT2D eigenvalue weighted by Gasteiger charge is -2.09. The van der Waals surface area contributed by atoms with Crippen molar-refractivity contribution in [2.24, 2.45) is 4.99 Å². The minimum absolute atomic E-state index is 0.0823. The highest BCUT2D eigenvalue weighted by atomic mass is 32.1. The summed E-state index contributed by atoms with van der Waals surface area (Å²) in [4.78, 5) is 20.1. The van der Waals surface area contributed by atoms with Crippen LogP contribution in [-0.2, 0) is 13.0 Å². The molecule has 0 aliphatic rings. The standard InChI is InChI=1S/C26H22N4O2S/c1-18-9-11-21(12-10-18)28-26-29(14-13-20-16-27-24-8-3-2-7-23(20)24)25(17-33-26)19-5-4-6-22(15-19)30(31)32/h2-12,15-17,27H,13-14H2,1H3. The lowest BCUT2D eigenvalue weighted by molar-refractivity contribution is -0.384. The zero-order chi connectivity index (χ0) is 22.8. The summed E-state index contributed by atoms with van der Waals surface area (Å²) in [6, 6.07) is 23.1. The van der Waals surface area contributed by atoms with Crippen LogP contribution in [0.5, 0.6) is 0 Å². The summed E-state index contributed by atoms with van der Waals surface area (Å²) in [5, 5.41) is 14.6. The second kappa shape index (κ2) is 8.88. The fraction of sp³-hybridized carbons (Fsp3) is 0.115. The lowest BCUT2D eigenvalue weighted by atomic mass is 10.1. The number of thiazole rings is 1. The van der Waals surface area contributed by atoms with Crippen molar-refractivity contribution in [1.82, 2.24) is 9.55 Å². The molecule has 0 saturated carbocycles. The number of nitrogens with one attached hydrogen (secondary N) is 1. The van der Waals surface area contributed by atoms with Gasteiger partial charge in [0.2, 0.25) is 0 Å². The molecule has 0 unspecified atom stereocenters. The number of hydrogen-bond acceptors (Lipinski definition) is 4. The Kier molecular flexibility index (Phi) is 5.62. The van der Waals surface area contributed by atoms with Crippen molar-refractivity contribution in [1.29, 1.82) is 0 Å². The molecule has 2 aromatic heterocycles. The molecule has 0 radical (unpaired) electrons. The molecule has 0 aliphatic carbocycles. The quantitative estimate of drug-likeness (QED) is 0.238. The minimum atomic E-state index is -0.357. The Hall–Kier alpha value is -3.97. The highest BCUT2D eigenvalue weighted by Crippen LogP contribution is 2.26. The van der Waals surface area contributed by atoms with Gasteiger partial charge in [-0.2, -0.15) is 0 Å². The number of para-hydroxylation sites is 1. The van der Waals surface area contributed by atoms with Crippen LogP contribution >= 0.6 is 11.3 Å². The van der Waals surface area contributed by atoms with E-state index in [9.17, 15) is 10.1 Å². The van der Waals surface area contributed by atoms with E-state index in [1.54, 1.807) is 23.5 Å². The van der Waals surface area contributed by atoms with Crippen LogP contribution in [0, 0.1) is 17.0 Å². The van der Waals surface area contributed by atoms with Crippen molar-refractivity contribution in [3.63, 3.8) is 0 Å². The fourth-order valence-electron chi connectivity index (χ4n) is 3.94. The normalized spacial score (nSPS) is 11.8. The molecule has 0 saturated heterocycles. The maximum absolute atomic E-state index is 11.3. The van der Waals surface area contributed by atoms with Crippen LogP contribution in [0.2, 0.25) is 0 Å². The van der Waals surface area contributed by atoms with Crippen molar-refractivity contribution < 1.29 is 4.92 Å². The van der Waals surface area contributed by atoms with Gasteiger partial charge in [0.25, 0.3) is 5.69 Å². The van der Waals surface area contributed by atoms with E-state index in [2.05, 4.69) is 34.8 Å². The number of hydrogen-bond donors (Lipinski definition) is 1. The molecule has 0 aliphatic heterocycles. The third kappa shape index (κ3) is 4.36. The summed E-state index contributed by atoms with van der Waals surface area (Å²) in [5.74, 6) is 0. The maximum atomic E-state index is 11.3. The van der Waals surface area contributed by atoms with E-state index in [0.717, 1.165) is 33.7 Å². The Morgan fingerprint density at radius 3 is 2.70 bits per heavy atom. The average Bonchev–Trinajstić information content (AvgIpc) is 3.43. The molecule has 3 aromatic carbocycles. The second-order valence-corrected chi connectivity index (χ2v) is 8.76. The van der Waals surface area contributed by atoms with E-state index in [4.69, 9.17) is 4.99 Å². The fourth-order valence-corrected chi connectivity index (χ4v) is 4.90. The first-order chi connectivity index (χ1) is 16.1. The summed E-state index contributed by atoms with van der Waals surface area (Å²) >= 11 is 1.54. The van der Waals surface area contributed by atoms with Crippen LogP contribution in [0.1, 0.15) is 11.1 Å². The van der Waals surface area contributed by atoms with E-state index in [1.807, 2.05) is 47.8 Å². The second-order valence-electron chi connectivity index (χ2n) is 7.92. The molecule has 7 heteroatoms. The highest BCUT2D eigenvalue weighted by molar-refractivity contribution is 7.07. The van der Waals surface area contributed by atoms with Gasteiger partial charge < -0.3 is 9.55 Å². The third-order valence-corrected chi connectivity index (χ3v) is 6.55. The smallest absolute Gasteiger partial charge is 0.270 e. The van der Waals surface area contributed by atoms with Gasteiger partial charge in [-0.05, 0) is 37.1 Å². The van der Waals surface area contributed by atoms with Gasteiger partial charge in [0.1, 0.15) is 0 Å². The summed E-state index contributed by atoms with van der Waals surface area (Å²) in [7, 11) is 0. The molecular formula is C26H22N4O2S. The maximum Gasteiger partial charge on any atom is 0.270 e. The monoisotopic (exact) mass is 454 g/mol. The van der Waals surface area contributed by atoms with Crippen molar-refractivity contribution in [3.8, 4) is 11.3 Å². The molecule has 0 spiro atoms. The largest absolute Gasteiger partial charge is 0.361 e. The number of non-ortho nitro benzene ring substituents is 1. The summed E-state index contributed by atoms with van der Waals surface area (Å²) < 4.78 is 2.16. The Morgan fingerprint density at radius 1 is 1.06 bits per heavy atom. The van der Waals surface area contributed by atoms with Crippen LogP contribution in [0.25, 0.3) is 22.2 Å². The first kappa shape index (κ1) is 20.9. The van der Waals surface area contributed by atoms with Gasteiger partial charge >= 0.3 is 0 Å². The van der Waals surface area contributed by atoms with E-state index in [-0.39, 0.29) is 10.6 Å². The number of rotatable bonds is 6. The third-order valence-electron chi connectivity index (χ3n) is 5.69.